The summed E-state index contributed by atoms with van der Waals surface area (Å²) in [5.74, 6) is 0.118. The Kier molecular flexibility index (Phi) is 4.64. The zero-order valence-electron chi connectivity index (χ0n) is 12.7. The molecule has 0 saturated heterocycles. The van der Waals surface area contributed by atoms with Crippen molar-refractivity contribution in [2.24, 2.45) is 0 Å². The third kappa shape index (κ3) is 3.71. The van der Waals surface area contributed by atoms with Crippen molar-refractivity contribution in [3.8, 4) is 11.3 Å². The van der Waals surface area contributed by atoms with Crippen LogP contribution in [0.3, 0.4) is 0 Å². The minimum Gasteiger partial charge on any atom is -0.369 e. The Morgan fingerprint density at radius 2 is 2.17 bits per heavy atom. The average molecular weight is 338 g/mol. The van der Waals surface area contributed by atoms with Crippen LogP contribution in [-0.2, 0) is 27.9 Å². The van der Waals surface area contributed by atoms with E-state index < -0.39 is 10.0 Å². The maximum atomic E-state index is 11.7. The van der Waals surface area contributed by atoms with E-state index in [0.29, 0.717) is 25.3 Å². The molecule has 1 atom stereocenters. The molecule has 0 spiro atoms. The Hall–Kier alpha value is -1.91. The van der Waals surface area contributed by atoms with E-state index in [9.17, 15) is 8.42 Å². The predicted octanol–water partition coefficient (Wildman–Crippen LogP) is -0.0367. The van der Waals surface area contributed by atoms with Crippen molar-refractivity contribution in [3.05, 3.63) is 24.4 Å². The van der Waals surface area contributed by atoms with Crippen molar-refractivity contribution in [3.63, 3.8) is 0 Å². The van der Waals surface area contributed by atoms with Gasteiger partial charge in [-0.25, -0.2) is 27.8 Å². The first-order valence-corrected chi connectivity index (χ1v) is 9.01. The number of rotatable bonds is 6. The minimum absolute atomic E-state index is 0.118. The van der Waals surface area contributed by atoms with Gasteiger partial charge in [0.05, 0.1) is 30.7 Å². The molecule has 0 saturated carbocycles. The van der Waals surface area contributed by atoms with Crippen LogP contribution in [0.2, 0.25) is 0 Å². The highest BCUT2D eigenvalue weighted by Crippen LogP contribution is 2.23. The first-order valence-electron chi connectivity index (χ1n) is 7.35. The van der Waals surface area contributed by atoms with Crippen LogP contribution >= 0.6 is 0 Å². The molecule has 0 bridgehead atoms. The van der Waals surface area contributed by atoms with Crippen LogP contribution in [0.5, 0.6) is 0 Å². The van der Waals surface area contributed by atoms with Gasteiger partial charge in [-0.2, -0.15) is 0 Å². The van der Waals surface area contributed by atoms with Gasteiger partial charge in [0.2, 0.25) is 10.0 Å². The fourth-order valence-electron chi connectivity index (χ4n) is 2.39. The lowest BCUT2D eigenvalue weighted by molar-refractivity contribution is 0.00432. The summed E-state index contributed by atoms with van der Waals surface area (Å²) >= 11 is 0. The molecule has 3 heterocycles. The van der Waals surface area contributed by atoms with Crippen LogP contribution in [0, 0.1) is 0 Å². The molecule has 23 heavy (non-hydrogen) atoms. The number of hydrogen-bond donors (Lipinski definition) is 1. The monoisotopic (exact) mass is 338 g/mol. The van der Waals surface area contributed by atoms with Gasteiger partial charge in [0, 0.05) is 24.5 Å². The smallest absolute Gasteiger partial charge is 0.211 e. The van der Waals surface area contributed by atoms with Crippen molar-refractivity contribution in [1.29, 1.82) is 0 Å². The highest BCUT2D eigenvalue weighted by Gasteiger charge is 2.25. The molecule has 9 nitrogen and oxygen atoms in total. The van der Waals surface area contributed by atoms with E-state index in [0.717, 1.165) is 11.3 Å². The summed E-state index contributed by atoms with van der Waals surface area (Å²) in [5.41, 5.74) is 2.31. The summed E-state index contributed by atoms with van der Waals surface area (Å²) in [7, 11) is -3.24. The molecule has 1 N–H and O–H groups in total. The van der Waals surface area contributed by atoms with Crippen molar-refractivity contribution >= 4 is 10.0 Å². The number of fused-ring (bicyclic) bond motifs is 1. The molecule has 1 aliphatic rings. The van der Waals surface area contributed by atoms with E-state index >= 15 is 0 Å². The number of nitrogens with one attached hydrogen (secondary N) is 1. The lowest BCUT2D eigenvalue weighted by Crippen LogP contribution is -2.39. The molecule has 1 aliphatic heterocycles. The molecule has 0 radical (unpaired) electrons. The molecular weight excluding hydrogens is 320 g/mol. The standard InChI is InChI=1S/C13H18N6O3S/c1-2-3-23(20,21)16-6-11-7-19-12(8-22-11)13(17-18-19)10-4-14-9-15-5-10/h4-5,9,11,16H,2-3,6-8H2,1H3. The molecule has 0 amide bonds. The summed E-state index contributed by atoms with van der Waals surface area (Å²) < 4.78 is 33.4. The minimum atomic E-state index is -3.24. The van der Waals surface area contributed by atoms with Crippen LogP contribution in [0.4, 0.5) is 0 Å². The molecule has 1 unspecified atom stereocenters. The summed E-state index contributed by atoms with van der Waals surface area (Å²) in [4.78, 5) is 7.95. The highest BCUT2D eigenvalue weighted by molar-refractivity contribution is 7.89. The molecule has 2 aromatic heterocycles. The van der Waals surface area contributed by atoms with Crippen molar-refractivity contribution in [1.82, 2.24) is 29.7 Å². The SMILES string of the molecule is CCCS(=O)(=O)NCC1Cn2nnc(-c3cncnc3)c2CO1. The average Bonchev–Trinajstić information content (AvgIpc) is 2.97. The molecule has 124 valence electrons. The van der Waals surface area contributed by atoms with E-state index in [1.165, 1.54) is 6.33 Å². The highest BCUT2D eigenvalue weighted by atomic mass is 32.2. The van der Waals surface area contributed by atoms with Crippen molar-refractivity contribution < 1.29 is 13.2 Å². The molecular formula is C13H18N6O3S. The van der Waals surface area contributed by atoms with Gasteiger partial charge < -0.3 is 4.74 Å². The summed E-state index contributed by atoms with van der Waals surface area (Å²) in [6.07, 6.45) is 5.10. The molecule has 10 heteroatoms. The van der Waals surface area contributed by atoms with Gasteiger partial charge in [0.1, 0.15) is 12.0 Å². The van der Waals surface area contributed by atoms with Crippen molar-refractivity contribution in [2.45, 2.75) is 32.6 Å². The molecule has 0 fully saturated rings. The van der Waals surface area contributed by atoms with Gasteiger partial charge in [0.25, 0.3) is 0 Å². The molecule has 0 aromatic carbocycles. The predicted molar refractivity (Wildman–Crippen MR) is 81.7 cm³/mol. The first-order chi connectivity index (χ1) is 11.1. The summed E-state index contributed by atoms with van der Waals surface area (Å²) in [6.45, 7) is 2.82. The second-order valence-corrected chi connectivity index (χ2v) is 7.22. The Labute approximate surface area is 134 Å². The van der Waals surface area contributed by atoms with E-state index in [2.05, 4.69) is 25.0 Å². The third-order valence-corrected chi connectivity index (χ3v) is 5.06. The maximum Gasteiger partial charge on any atom is 0.211 e. The second kappa shape index (κ2) is 6.69. The quantitative estimate of drug-likeness (QED) is 0.786. The Morgan fingerprint density at radius 3 is 2.91 bits per heavy atom. The van der Waals surface area contributed by atoms with Crippen LogP contribution in [-0.4, -0.2) is 51.8 Å². The number of aromatic nitrogens is 5. The van der Waals surface area contributed by atoms with Crippen LogP contribution in [0.25, 0.3) is 11.3 Å². The lowest BCUT2D eigenvalue weighted by atomic mass is 10.2. The molecule has 2 aromatic rings. The van der Waals surface area contributed by atoms with Gasteiger partial charge in [-0.15, -0.1) is 5.10 Å². The Balaban J connectivity index is 1.68. The van der Waals surface area contributed by atoms with Crippen molar-refractivity contribution in [2.75, 3.05) is 12.3 Å². The van der Waals surface area contributed by atoms with E-state index in [-0.39, 0.29) is 18.4 Å². The number of ether oxygens (including phenoxy) is 1. The van der Waals surface area contributed by atoms with E-state index in [1.807, 2.05) is 6.92 Å². The van der Waals surface area contributed by atoms with Crippen LogP contribution < -0.4 is 4.72 Å². The first kappa shape index (κ1) is 16.0. The van der Waals surface area contributed by atoms with Crippen LogP contribution in [0.1, 0.15) is 19.0 Å². The fourth-order valence-corrected chi connectivity index (χ4v) is 3.52. The van der Waals surface area contributed by atoms with Gasteiger partial charge in [-0.05, 0) is 6.42 Å². The zero-order valence-corrected chi connectivity index (χ0v) is 13.5. The van der Waals surface area contributed by atoms with Gasteiger partial charge in [-0.1, -0.05) is 12.1 Å². The number of sulfonamides is 1. The van der Waals surface area contributed by atoms with Gasteiger partial charge >= 0.3 is 0 Å². The Morgan fingerprint density at radius 1 is 1.39 bits per heavy atom. The van der Waals surface area contributed by atoms with Gasteiger partial charge in [0.15, 0.2) is 0 Å². The van der Waals surface area contributed by atoms with E-state index in [4.69, 9.17) is 4.74 Å². The third-order valence-electron chi connectivity index (χ3n) is 3.51. The summed E-state index contributed by atoms with van der Waals surface area (Å²) in [6, 6.07) is 0. The lowest BCUT2D eigenvalue weighted by Gasteiger charge is -2.24. The fraction of sp³-hybridized carbons (Fsp3) is 0.538. The second-order valence-electron chi connectivity index (χ2n) is 5.29. The zero-order chi connectivity index (χ0) is 16.3. The largest absolute Gasteiger partial charge is 0.369 e. The molecule has 3 rings (SSSR count). The van der Waals surface area contributed by atoms with Gasteiger partial charge in [-0.3, -0.25) is 0 Å². The normalized spacial score (nSPS) is 17.9. The van der Waals surface area contributed by atoms with Crippen LogP contribution in [0.15, 0.2) is 18.7 Å². The van der Waals surface area contributed by atoms with E-state index in [1.54, 1.807) is 17.1 Å². The molecule has 0 aliphatic carbocycles. The Bertz CT molecular complexity index is 761. The topological polar surface area (TPSA) is 112 Å². The number of hydrogen-bond acceptors (Lipinski definition) is 7. The summed E-state index contributed by atoms with van der Waals surface area (Å²) in [5, 5.41) is 8.27. The maximum absolute atomic E-state index is 11.7. The number of nitrogens with zero attached hydrogens (tertiary/aromatic N) is 5.